The Morgan fingerprint density at radius 3 is 2.36 bits per heavy atom. The summed E-state index contributed by atoms with van der Waals surface area (Å²) in [5.41, 5.74) is 7.94. The molecule has 0 heterocycles. The molecule has 0 radical (unpaired) electrons. The van der Waals surface area contributed by atoms with E-state index in [0.717, 1.165) is 23.3 Å². The Labute approximate surface area is 150 Å². The molecule has 0 aliphatic carbocycles. The van der Waals surface area contributed by atoms with Crippen LogP contribution in [0, 0.1) is 11.7 Å². The monoisotopic (exact) mass is 345 g/mol. The zero-order valence-corrected chi connectivity index (χ0v) is 15.3. The molecule has 0 aliphatic heterocycles. The van der Waals surface area contributed by atoms with Crippen LogP contribution >= 0.6 is 0 Å². The highest BCUT2D eigenvalue weighted by atomic mass is 19.1. The lowest BCUT2D eigenvalue weighted by Crippen LogP contribution is -2.16. The van der Waals surface area contributed by atoms with Crippen LogP contribution in [-0.2, 0) is 6.42 Å². The Morgan fingerprint density at radius 2 is 1.76 bits per heavy atom. The van der Waals surface area contributed by atoms with Crippen molar-refractivity contribution in [3.05, 3.63) is 59.4 Å². The molecule has 25 heavy (non-hydrogen) atoms. The van der Waals surface area contributed by atoms with E-state index in [0.29, 0.717) is 31.4 Å². The highest BCUT2D eigenvalue weighted by Gasteiger charge is 2.17. The van der Waals surface area contributed by atoms with Crippen molar-refractivity contribution in [3.8, 4) is 11.5 Å². The molecule has 136 valence electrons. The number of halogens is 1. The molecule has 2 rings (SSSR count). The van der Waals surface area contributed by atoms with Gasteiger partial charge < -0.3 is 15.2 Å². The number of rotatable bonds is 9. The molecular weight excluding hydrogens is 317 g/mol. The summed E-state index contributed by atoms with van der Waals surface area (Å²) in [5, 5.41) is 0. The molecule has 0 saturated carbocycles. The van der Waals surface area contributed by atoms with Crippen molar-refractivity contribution in [3.63, 3.8) is 0 Å². The summed E-state index contributed by atoms with van der Waals surface area (Å²) in [5.74, 6) is 1.79. The van der Waals surface area contributed by atoms with Gasteiger partial charge in [0.25, 0.3) is 0 Å². The molecule has 0 bridgehead atoms. The molecule has 4 heteroatoms. The van der Waals surface area contributed by atoms with Gasteiger partial charge in [0.05, 0.1) is 13.2 Å². The fraction of sp³-hybridized carbons (Fsp3) is 0.429. The number of benzene rings is 2. The van der Waals surface area contributed by atoms with Crippen LogP contribution in [0.5, 0.6) is 11.5 Å². The molecule has 3 nitrogen and oxygen atoms in total. The van der Waals surface area contributed by atoms with Gasteiger partial charge in [0.2, 0.25) is 0 Å². The molecule has 0 spiro atoms. The van der Waals surface area contributed by atoms with Gasteiger partial charge in [-0.2, -0.15) is 0 Å². The van der Waals surface area contributed by atoms with Gasteiger partial charge in [-0.3, -0.25) is 0 Å². The van der Waals surface area contributed by atoms with Gasteiger partial charge in [-0.1, -0.05) is 26.0 Å². The minimum absolute atomic E-state index is 0.000294. The maximum atomic E-state index is 13.7. The molecule has 2 N–H and O–H groups in total. The van der Waals surface area contributed by atoms with Crippen molar-refractivity contribution in [2.75, 3.05) is 19.8 Å². The molecule has 0 saturated heterocycles. The predicted molar refractivity (Wildman–Crippen MR) is 99.8 cm³/mol. The van der Waals surface area contributed by atoms with E-state index < -0.39 is 0 Å². The second-order valence-corrected chi connectivity index (χ2v) is 6.60. The molecule has 2 aromatic rings. The smallest absolute Gasteiger partial charge is 0.123 e. The van der Waals surface area contributed by atoms with Crippen LogP contribution in [0.15, 0.2) is 42.5 Å². The maximum absolute atomic E-state index is 13.7. The largest absolute Gasteiger partial charge is 0.494 e. The zero-order valence-electron chi connectivity index (χ0n) is 15.3. The highest BCUT2D eigenvalue weighted by molar-refractivity contribution is 5.39. The van der Waals surface area contributed by atoms with Crippen LogP contribution < -0.4 is 15.2 Å². The predicted octanol–water partition coefficient (Wildman–Crippen LogP) is 4.54. The third-order valence-corrected chi connectivity index (χ3v) is 3.98. The third kappa shape index (κ3) is 5.75. The number of nitrogens with two attached hydrogens (primary N) is 1. The first-order valence-electron chi connectivity index (χ1n) is 8.87. The lowest BCUT2D eigenvalue weighted by atomic mass is 9.91. The van der Waals surface area contributed by atoms with E-state index in [2.05, 4.69) is 13.8 Å². The van der Waals surface area contributed by atoms with E-state index in [9.17, 15) is 4.39 Å². The van der Waals surface area contributed by atoms with E-state index >= 15 is 0 Å². The first-order valence-corrected chi connectivity index (χ1v) is 8.87. The fourth-order valence-electron chi connectivity index (χ4n) is 2.71. The SMILES string of the molecule is CCOc1ccc(F)cc1C(CN)Cc1ccc(OCC(C)C)cc1. The average Bonchev–Trinajstić information content (AvgIpc) is 2.60. The van der Waals surface area contributed by atoms with Crippen LogP contribution in [0.4, 0.5) is 4.39 Å². The highest BCUT2D eigenvalue weighted by Crippen LogP contribution is 2.30. The average molecular weight is 345 g/mol. The van der Waals surface area contributed by atoms with Gasteiger partial charge >= 0.3 is 0 Å². The summed E-state index contributed by atoms with van der Waals surface area (Å²) in [6.45, 7) is 7.82. The summed E-state index contributed by atoms with van der Waals surface area (Å²) in [7, 11) is 0. The van der Waals surface area contributed by atoms with E-state index in [-0.39, 0.29) is 11.7 Å². The quantitative estimate of drug-likeness (QED) is 0.725. The second kappa shape index (κ2) is 9.42. The molecule has 0 amide bonds. The Balaban J connectivity index is 2.13. The Morgan fingerprint density at radius 1 is 1.04 bits per heavy atom. The standard InChI is InChI=1S/C21H28FNO2/c1-4-24-21-10-7-18(22)12-20(21)17(13-23)11-16-5-8-19(9-6-16)25-14-15(2)3/h5-10,12,15,17H,4,11,13-14,23H2,1-3H3. The van der Waals surface area contributed by atoms with Gasteiger partial charge in [-0.05, 0) is 61.7 Å². The van der Waals surface area contributed by atoms with Gasteiger partial charge in [-0.15, -0.1) is 0 Å². The van der Waals surface area contributed by atoms with E-state index in [1.807, 2.05) is 31.2 Å². The van der Waals surface area contributed by atoms with Gasteiger partial charge in [0, 0.05) is 11.5 Å². The Bertz CT molecular complexity index is 655. The number of hydrogen-bond donors (Lipinski definition) is 1. The first kappa shape index (κ1) is 19.3. The van der Waals surface area contributed by atoms with E-state index in [1.54, 1.807) is 6.07 Å². The number of hydrogen-bond acceptors (Lipinski definition) is 3. The van der Waals surface area contributed by atoms with Crippen LogP contribution in [-0.4, -0.2) is 19.8 Å². The maximum Gasteiger partial charge on any atom is 0.123 e. The van der Waals surface area contributed by atoms with Crippen LogP contribution in [0.2, 0.25) is 0 Å². The minimum atomic E-state index is -0.269. The number of ether oxygens (including phenoxy) is 2. The molecule has 0 fully saturated rings. The molecule has 0 aliphatic rings. The topological polar surface area (TPSA) is 44.5 Å². The Kier molecular flexibility index (Phi) is 7.26. The molecule has 2 aromatic carbocycles. The van der Waals surface area contributed by atoms with Crippen LogP contribution in [0.1, 0.15) is 37.8 Å². The van der Waals surface area contributed by atoms with E-state index in [4.69, 9.17) is 15.2 Å². The first-order chi connectivity index (χ1) is 12.0. The minimum Gasteiger partial charge on any atom is -0.494 e. The second-order valence-electron chi connectivity index (χ2n) is 6.60. The van der Waals surface area contributed by atoms with Crippen molar-refractivity contribution >= 4 is 0 Å². The van der Waals surface area contributed by atoms with Gasteiger partial charge in [0.15, 0.2) is 0 Å². The molecule has 1 atom stereocenters. The zero-order chi connectivity index (χ0) is 18.2. The summed E-state index contributed by atoms with van der Waals surface area (Å²) in [6.07, 6.45) is 0.727. The third-order valence-electron chi connectivity index (χ3n) is 3.98. The summed E-state index contributed by atoms with van der Waals surface area (Å²) in [4.78, 5) is 0. The summed E-state index contributed by atoms with van der Waals surface area (Å²) >= 11 is 0. The normalized spacial score (nSPS) is 12.2. The summed E-state index contributed by atoms with van der Waals surface area (Å²) in [6, 6.07) is 12.7. The van der Waals surface area contributed by atoms with Gasteiger partial charge in [0.1, 0.15) is 17.3 Å². The Hall–Kier alpha value is -2.07. The molecular formula is C21H28FNO2. The molecule has 0 aromatic heterocycles. The lowest BCUT2D eigenvalue weighted by molar-refractivity contribution is 0.271. The van der Waals surface area contributed by atoms with Gasteiger partial charge in [-0.25, -0.2) is 4.39 Å². The van der Waals surface area contributed by atoms with Crippen molar-refractivity contribution in [1.82, 2.24) is 0 Å². The van der Waals surface area contributed by atoms with Crippen molar-refractivity contribution in [1.29, 1.82) is 0 Å². The summed E-state index contributed by atoms with van der Waals surface area (Å²) < 4.78 is 25.1. The fourth-order valence-corrected chi connectivity index (χ4v) is 2.71. The van der Waals surface area contributed by atoms with E-state index in [1.165, 1.54) is 12.1 Å². The lowest BCUT2D eigenvalue weighted by Gasteiger charge is -2.19. The van der Waals surface area contributed by atoms with Crippen LogP contribution in [0.3, 0.4) is 0 Å². The van der Waals surface area contributed by atoms with Crippen molar-refractivity contribution < 1.29 is 13.9 Å². The van der Waals surface area contributed by atoms with Crippen molar-refractivity contribution in [2.45, 2.75) is 33.1 Å². The van der Waals surface area contributed by atoms with Crippen molar-refractivity contribution in [2.24, 2.45) is 11.7 Å². The molecule has 1 unspecified atom stereocenters. The van der Waals surface area contributed by atoms with Crippen LogP contribution in [0.25, 0.3) is 0 Å².